The molecule has 0 saturated heterocycles. The zero-order chi connectivity index (χ0) is 20.8. The number of carbonyl (C=O) groups excluding carboxylic acids is 2. The lowest BCUT2D eigenvalue weighted by molar-refractivity contribution is -0.124. The topological polar surface area (TPSA) is 61.4 Å². The number of rotatable bonds is 7. The van der Waals surface area contributed by atoms with E-state index in [1.54, 1.807) is 11.9 Å². The molecule has 0 aliphatic rings. The lowest BCUT2D eigenvalue weighted by Gasteiger charge is -2.18. The summed E-state index contributed by atoms with van der Waals surface area (Å²) in [6.45, 7) is 4.20. The second-order valence-corrected chi connectivity index (χ2v) is 6.65. The average molecular weight is 393 g/mol. The van der Waals surface area contributed by atoms with Crippen LogP contribution in [0.4, 0.5) is 18.9 Å². The van der Waals surface area contributed by atoms with Crippen LogP contribution in [0.3, 0.4) is 0 Å². The molecule has 0 fully saturated rings. The van der Waals surface area contributed by atoms with Crippen molar-refractivity contribution in [2.75, 3.05) is 25.5 Å². The molecule has 2 aromatic rings. The van der Waals surface area contributed by atoms with Crippen LogP contribution in [0.2, 0.25) is 0 Å². The van der Waals surface area contributed by atoms with E-state index in [-0.39, 0.29) is 6.54 Å². The predicted molar refractivity (Wildman–Crippen MR) is 100 cm³/mol. The maximum absolute atomic E-state index is 13.5. The number of benzene rings is 2. The fraction of sp³-hybridized carbons (Fsp3) is 0.300. The van der Waals surface area contributed by atoms with Crippen molar-refractivity contribution in [3.63, 3.8) is 0 Å². The molecule has 2 aromatic carbocycles. The SMILES string of the molecule is Cc1ccc(CN(C)CC(=O)NCC(=O)Nc2ccc(F)c(F)c2F)c(C)c1. The first kappa shape index (κ1) is 21.4. The Morgan fingerprint density at radius 3 is 2.39 bits per heavy atom. The summed E-state index contributed by atoms with van der Waals surface area (Å²) in [6, 6.07) is 7.67. The number of amides is 2. The minimum Gasteiger partial charge on any atom is -0.346 e. The van der Waals surface area contributed by atoms with E-state index in [2.05, 4.69) is 16.7 Å². The van der Waals surface area contributed by atoms with Gasteiger partial charge >= 0.3 is 0 Å². The second-order valence-electron chi connectivity index (χ2n) is 6.65. The van der Waals surface area contributed by atoms with Crippen molar-refractivity contribution >= 4 is 17.5 Å². The molecule has 2 rings (SSSR count). The van der Waals surface area contributed by atoms with Gasteiger partial charge in [0.25, 0.3) is 0 Å². The molecule has 0 bridgehead atoms. The Bertz CT molecular complexity index is 887. The van der Waals surface area contributed by atoms with Crippen molar-refractivity contribution in [1.29, 1.82) is 0 Å². The lowest BCUT2D eigenvalue weighted by Crippen LogP contribution is -2.39. The third-order valence-corrected chi connectivity index (χ3v) is 4.11. The summed E-state index contributed by atoms with van der Waals surface area (Å²) < 4.78 is 39.6. The molecule has 5 nitrogen and oxygen atoms in total. The second kappa shape index (κ2) is 9.36. The standard InChI is InChI=1S/C20H22F3N3O2/c1-12-4-5-14(13(2)8-12)10-26(3)11-18(28)24-9-17(27)25-16-7-6-15(21)19(22)20(16)23/h4-8H,9-11H2,1-3H3,(H,24,28)(H,25,27). The quantitative estimate of drug-likeness (QED) is 0.711. The largest absolute Gasteiger partial charge is 0.346 e. The molecule has 2 amide bonds. The van der Waals surface area contributed by atoms with Gasteiger partial charge in [-0.15, -0.1) is 0 Å². The van der Waals surface area contributed by atoms with Gasteiger partial charge in [0.2, 0.25) is 11.8 Å². The zero-order valence-corrected chi connectivity index (χ0v) is 15.9. The number of carbonyl (C=O) groups is 2. The van der Waals surface area contributed by atoms with E-state index in [0.29, 0.717) is 12.6 Å². The van der Waals surface area contributed by atoms with Gasteiger partial charge in [-0.25, -0.2) is 13.2 Å². The molecule has 0 heterocycles. The van der Waals surface area contributed by atoms with Gasteiger partial charge in [-0.1, -0.05) is 23.8 Å². The van der Waals surface area contributed by atoms with Crippen LogP contribution in [0.5, 0.6) is 0 Å². The highest BCUT2D eigenvalue weighted by atomic mass is 19.2. The molecule has 28 heavy (non-hydrogen) atoms. The Kier molecular flexibility index (Phi) is 7.17. The first-order valence-corrected chi connectivity index (χ1v) is 8.62. The fourth-order valence-corrected chi connectivity index (χ4v) is 2.67. The monoisotopic (exact) mass is 393 g/mol. The molecule has 8 heteroatoms. The van der Waals surface area contributed by atoms with Gasteiger partial charge in [-0.05, 0) is 44.2 Å². The molecule has 2 N–H and O–H groups in total. The third-order valence-electron chi connectivity index (χ3n) is 4.11. The summed E-state index contributed by atoms with van der Waals surface area (Å²) in [5.74, 6) is -5.66. The number of hydrogen-bond acceptors (Lipinski definition) is 3. The minimum atomic E-state index is -1.67. The first-order valence-electron chi connectivity index (χ1n) is 8.62. The van der Waals surface area contributed by atoms with Crippen molar-refractivity contribution < 1.29 is 22.8 Å². The summed E-state index contributed by atoms with van der Waals surface area (Å²) in [5.41, 5.74) is 2.88. The normalized spacial score (nSPS) is 10.8. The summed E-state index contributed by atoms with van der Waals surface area (Å²) in [4.78, 5) is 25.6. The van der Waals surface area contributed by atoms with Gasteiger partial charge in [-0.2, -0.15) is 0 Å². The number of nitrogens with one attached hydrogen (secondary N) is 2. The van der Waals surface area contributed by atoms with E-state index in [1.807, 2.05) is 26.0 Å². The van der Waals surface area contributed by atoms with Gasteiger partial charge in [0.15, 0.2) is 17.5 Å². The van der Waals surface area contributed by atoms with Gasteiger partial charge in [0.05, 0.1) is 18.8 Å². The zero-order valence-electron chi connectivity index (χ0n) is 15.9. The van der Waals surface area contributed by atoms with Gasteiger partial charge in [-0.3, -0.25) is 14.5 Å². The van der Waals surface area contributed by atoms with E-state index < -0.39 is 41.5 Å². The Morgan fingerprint density at radius 2 is 1.71 bits per heavy atom. The maximum Gasteiger partial charge on any atom is 0.243 e. The summed E-state index contributed by atoms with van der Waals surface area (Å²) in [5, 5.41) is 4.50. The summed E-state index contributed by atoms with van der Waals surface area (Å²) in [7, 11) is 1.77. The van der Waals surface area contributed by atoms with E-state index in [0.717, 1.165) is 22.8 Å². The van der Waals surface area contributed by atoms with Crippen molar-refractivity contribution in [2.24, 2.45) is 0 Å². The molecule has 150 valence electrons. The van der Waals surface area contributed by atoms with Crippen LogP contribution < -0.4 is 10.6 Å². The highest BCUT2D eigenvalue weighted by Gasteiger charge is 2.16. The Hall–Kier alpha value is -2.87. The van der Waals surface area contributed by atoms with Gasteiger partial charge in [0, 0.05) is 6.54 Å². The number of halogens is 3. The van der Waals surface area contributed by atoms with Crippen LogP contribution >= 0.6 is 0 Å². The van der Waals surface area contributed by atoms with Crippen molar-refractivity contribution in [2.45, 2.75) is 20.4 Å². The van der Waals surface area contributed by atoms with Crippen LogP contribution in [0.1, 0.15) is 16.7 Å². The number of aryl methyl sites for hydroxylation is 2. The highest BCUT2D eigenvalue weighted by Crippen LogP contribution is 2.19. The maximum atomic E-state index is 13.5. The summed E-state index contributed by atoms with van der Waals surface area (Å²) >= 11 is 0. The van der Waals surface area contributed by atoms with Crippen LogP contribution in [0.25, 0.3) is 0 Å². The molecular weight excluding hydrogens is 371 g/mol. The molecule has 0 atom stereocenters. The number of likely N-dealkylation sites (N-methyl/N-ethyl adjacent to an activating group) is 1. The minimum absolute atomic E-state index is 0.0557. The summed E-state index contributed by atoms with van der Waals surface area (Å²) in [6.07, 6.45) is 0. The van der Waals surface area contributed by atoms with E-state index >= 15 is 0 Å². The molecule has 0 spiro atoms. The molecule has 0 unspecified atom stereocenters. The predicted octanol–water partition coefficient (Wildman–Crippen LogP) is 2.91. The van der Waals surface area contributed by atoms with Crippen LogP contribution in [0, 0.1) is 31.3 Å². The van der Waals surface area contributed by atoms with Gasteiger partial charge in [0.1, 0.15) is 0 Å². The third kappa shape index (κ3) is 5.82. The van der Waals surface area contributed by atoms with Gasteiger partial charge < -0.3 is 10.6 Å². The first-order chi connectivity index (χ1) is 13.2. The van der Waals surface area contributed by atoms with Crippen LogP contribution in [-0.2, 0) is 16.1 Å². The Morgan fingerprint density at radius 1 is 1.00 bits per heavy atom. The molecule has 0 saturated carbocycles. The fourth-order valence-electron chi connectivity index (χ4n) is 2.67. The Balaban J connectivity index is 1.81. The number of nitrogens with zero attached hydrogens (tertiary/aromatic N) is 1. The molecule has 0 aliphatic carbocycles. The van der Waals surface area contributed by atoms with E-state index in [4.69, 9.17) is 0 Å². The van der Waals surface area contributed by atoms with Crippen molar-refractivity contribution in [3.05, 3.63) is 64.5 Å². The van der Waals surface area contributed by atoms with Crippen LogP contribution in [0.15, 0.2) is 30.3 Å². The van der Waals surface area contributed by atoms with E-state index in [1.165, 1.54) is 0 Å². The van der Waals surface area contributed by atoms with Crippen molar-refractivity contribution in [3.8, 4) is 0 Å². The average Bonchev–Trinajstić information content (AvgIpc) is 2.63. The molecular formula is C20H22F3N3O2. The molecule has 0 radical (unpaired) electrons. The molecule has 0 aromatic heterocycles. The Labute approximate surface area is 161 Å². The van der Waals surface area contributed by atoms with Crippen LogP contribution in [-0.4, -0.2) is 36.9 Å². The number of hydrogen-bond donors (Lipinski definition) is 2. The lowest BCUT2D eigenvalue weighted by atomic mass is 10.1. The number of anilines is 1. The highest BCUT2D eigenvalue weighted by molar-refractivity contribution is 5.94. The smallest absolute Gasteiger partial charge is 0.243 e. The van der Waals surface area contributed by atoms with Crippen molar-refractivity contribution in [1.82, 2.24) is 10.2 Å². The van der Waals surface area contributed by atoms with E-state index in [9.17, 15) is 22.8 Å². The molecule has 0 aliphatic heterocycles.